The van der Waals surface area contributed by atoms with Crippen LogP contribution in [0.1, 0.15) is 47.9 Å². The molecule has 18 heavy (non-hydrogen) atoms. The summed E-state index contributed by atoms with van der Waals surface area (Å²) in [6, 6.07) is 5.39. The summed E-state index contributed by atoms with van der Waals surface area (Å²) < 4.78 is 0. The Bertz CT molecular complexity index is 385. The normalized spacial score (nSPS) is 24.2. The molecule has 2 unspecified atom stereocenters. The zero-order valence-corrected chi connectivity index (χ0v) is 12.3. The zero-order valence-electron chi connectivity index (χ0n) is 12.3. The minimum Gasteiger partial charge on any atom is -0.317 e. The standard InChI is InChI=1S/C17H27N/c1-12-9-13(2)16(14(3)10-12)11-15-7-5-6-8-17(15)18-4/h9-10,15,17-18H,5-8,11H2,1-4H3. The third-order valence-electron chi connectivity index (χ3n) is 4.59. The average molecular weight is 245 g/mol. The Morgan fingerprint density at radius 3 is 2.28 bits per heavy atom. The Balaban J connectivity index is 2.17. The van der Waals surface area contributed by atoms with E-state index in [4.69, 9.17) is 0 Å². The molecule has 2 atom stereocenters. The van der Waals surface area contributed by atoms with Gasteiger partial charge in [-0.3, -0.25) is 0 Å². The number of hydrogen-bond donors (Lipinski definition) is 1. The SMILES string of the molecule is CNC1CCCCC1Cc1c(C)cc(C)cc1C. The number of nitrogens with one attached hydrogen (secondary N) is 1. The van der Waals surface area contributed by atoms with Crippen molar-refractivity contribution < 1.29 is 0 Å². The number of aryl methyl sites for hydroxylation is 3. The maximum Gasteiger partial charge on any atom is 0.00955 e. The van der Waals surface area contributed by atoms with Crippen LogP contribution in [0.3, 0.4) is 0 Å². The van der Waals surface area contributed by atoms with Crippen molar-refractivity contribution >= 4 is 0 Å². The number of benzene rings is 1. The molecule has 0 heterocycles. The van der Waals surface area contributed by atoms with Crippen LogP contribution in [0.4, 0.5) is 0 Å². The summed E-state index contributed by atoms with van der Waals surface area (Å²) in [5, 5.41) is 3.52. The smallest absolute Gasteiger partial charge is 0.00955 e. The topological polar surface area (TPSA) is 12.0 Å². The molecule has 1 aliphatic rings. The quantitative estimate of drug-likeness (QED) is 0.850. The molecule has 0 aliphatic heterocycles. The van der Waals surface area contributed by atoms with Gasteiger partial charge in [0.1, 0.15) is 0 Å². The summed E-state index contributed by atoms with van der Waals surface area (Å²) >= 11 is 0. The van der Waals surface area contributed by atoms with E-state index in [-0.39, 0.29) is 0 Å². The molecule has 1 saturated carbocycles. The van der Waals surface area contributed by atoms with Gasteiger partial charge in [0.05, 0.1) is 0 Å². The van der Waals surface area contributed by atoms with Gasteiger partial charge in [0, 0.05) is 6.04 Å². The van der Waals surface area contributed by atoms with Crippen molar-refractivity contribution in [1.82, 2.24) is 5.32 Å². The first-order valence-electron chi connectivity index (χ1n) is 7.36. The van der Waals surface area contributed by atoms with E-state index < -0.39 is 0 Å². The summed E-state index contributed by atoms with van der Waals surface area (Å²) in [6.45, 7) is 6.74. The lowest BCUT2D eigenvalue weighted by Gasteiger charge is -2.32. The molecule has 0 aromatic heterocycles. The first kappa shape index (κ1) is 13.6. The molecule has 2 rings (SSSR count). The van der Waals surface area contributed by atoms with Crippen LogP contribution >= 0.6 is 0 Å². The summed E-state index contributed by atoms with van der Waals surface area (Å²) in [5.41, 5.74) is 5.94. The van der Waals surface area contributed by atoms with Crippen molar-refractivity contribution in [2.75, 3.05) is 7.05 Å². The Morgan fingerprint density at radius 1 is 1.06 bits per heavy atom. The maximum absolute atomic E-state index is 3.52. The van der Waals surface area contributed by atoms with Crippen molar-refractivity contribution in [3.63, 3.8) is 0 Å². The summed E-state index contributed by atoms with van der Waals surface area (Å²) in [4.78, 5) is 0. The Hall–Kier alpha value is -0.820. The van der Waals surface area contributed by atoms with Gasteiger partial charge in [-0.15, -0.1) is 0 Å². The lowest BCUT2D eigenvalue weighted by molar-refractivity contribution is 0.272. The van der Waals surface area contributed by atoms with Crippen molar-refractivity contribution in [1.29, 1.82) is 0 Å². The summed E-state index contributed by atoms with van der Waals surface area (Å²) in [6.07, 6.45) is 6.80. The summed E-state index contributed by atoms with van der Waals surface area (Å²) in [7, 11) is 2.12. The highest BCUT2D eigenvalue weighted by Crippen LogP contribution is 2.29. The van der Waals surface area contributed by atoms with E-state index in [0.717, 1.165) is 12.0 Å². The molecule has 1 N–H and O–H groups in total. The molecule has 0 spiro atoms. The predicted molar refractivity (Wildman–Crippen MR) is 79.2 cm³/mol. The van der Waals surface area contributed by atoms with Gasteiger partial charge in [-0.1, -0.05) is 30.5 Å². The van der Waals surface area contributed by atoms with Gasteiger partial charge in [0.25, 0.3) is 0 Å². The monoisotopic (exact) mass is 245 g/mol. The molecule has 0 bridgehead atoms. The van der Waals surface area contributed by atoms with Crippen LogP contribution in [0.25, 0.3) is 0 Å². The molecule has 1 fully saturated rings. The fourth-order valence-corrected chi connectivity index (χ4v) is 3.63. The van der Waals surface area contributed by atoms with Crippen molar-refractivity contribution in [3.8, 4) is 0 Å². The van der Waals surface area contributed by atoms with Crippen LogP contribution < -0.4 is 5.32 Å². The fraction of sp³-hybridized carbons (Fsp3) is 0.647. The fourth-order valence-electron chi connectivity index (χ4n) is 3.63. The highest BCUT2D eigenvalue weighted by molar-refractivity contribution is 5.37. The van der Waals surface area contributed by atoms with Crippen molar-refractivity contribution in [2.24, 2.45) is 5.92 Å². The molecule has 1 aromatic rings. The third kappa shape index (κ3) is 2.95. The zero-order chi connectivity index (χ0) is 13.1. The molecular formula is C17H27N. The minimum atomic E-state index is 0.721. The van der Waals surface area contributed by atoms with E-state index in [0.29, 0.717) is 0 Å². The van der Waals surface area contributed by atoms with Gasteiger partial charge in [-0.25, -0.2) is 0 Å². The minimum absolute atomic E-state index is 0.721. The second-order valence-corrected chi connectivity index (χ2v) is 6.02. The van der Waals surface area contributed by atoms with E-state index in [9.17, 15) is 0 Å². The number of rotatable bonds is 3. The van der Waals surface area contributed by atoms with Gasteiger partial charge in [0.15, 0.2) is 0 Å². The first-order valence-corrected chi connectivity index (χ1v) is 7.36. The lowest BCUT2D eigenvalue weighted by Crippen LogP contribution is -2.37. The molecule has 1 heteroatoms. The van der Waals surface area contributed by atoms with E-state index in [2.05, 4.69) is 45.3 Å². The van der Waals surface area contributed by atoms with Gasteiger partial charge >= 0.3 is 0 Å². The van der Waals surface area contributed by atoms with Gasteiger partial charge in [0.2, 0.25) is 0 Å². The van der Waals surface area contributed by atoms with Crippen LogP contribution in [0.5, 0.6) is 0 Å². The van der Waals surface area contributed by atoms with Crippen molar-refractivity contribution in [3.05, 3.63) is 34.4 Å². The molecule has 1 nitrogen and oxygen atoms in total. The largest absolute Gasteiger partial charge is 0.317 e. The van der Waals surface area contributed by atoms with Crippen molar-refractivity contribution in [2.45, 2.75) is 58.9 Å². The van der Waals surface area contributed by atoms with Crippen LogP contribution in [0.15, 0.2) is 12.1 Å². The maximum atomic E-state index is 3.52. The van der Waals surface area contributed by atoms with Gasteiger partial charge in [-0.2, -0.15) is 0 Å². The predicted octanol–water partition coefficient (Wildman–Crippen LogP) is 3.93. The van der Waals surface area contributed by atoms with Crippen LogP contribution in [-0.4, -0.2) is 13.1 Å². The third-order valence-corrected chi connectivity index (χ3v) is 4.59. The second-order valence-electron chi connectivity index (χ2n) is 6.02. The highest BCUT2D eigenvalue weighted by Gasteiger charge is 2.24. The van der Waals surface area contributed by atoms with E-state index in [1.807, 2.05) is 0 Å². The molecule has 1 aromatic carbocycles. The first-order chi connectivity index (χ1) is 8.61. The van der Waals surface area contributed by atoms with Crippen LogP contribution in [-0.2, 0) is 6.42 Å². The van der Waals surface area contributed by atoms with E-state index in [1.165, 1.54) is 48.8 Å². The van der Waals surface area contributed by atoms with Gasteiger partial charge < -0.3 is 5.32 Å². The molecule has 0 radical (unpaired) electrons. The average Bonchev–Trinajstić information content (AvgIpc) is 2.34. The Labute approximate surface area is 112 Å². The van der Waals surface area contributed by atoms with Gasteiger partial charge in [-0.05, 0) is 69.7 Å². The van der Waals surface area contributed by atoms with E-state index >= 15 is 0 Å². The van der Waals surface area contributed by atoms with Crippen LogP contribution in [0, 0.1) is 26.7 Å². The molecule has 100 valence electrons. The number of hydrogen-bond acceptors (Lipinski definition) is 1. The van der Waals surface area contributed by atoms with E-state index in [1.54, 1.807) is 5.56 Å². The lowest BCUT2D eigenvalue weighted by atomic mass is 9.79. The molecule has 0 saturated heterocycles. The molecular weight excluding hydrogens is 218 g/mol. The Kier molecular flexibility index (Phi) is 4.45. The second kappa shape index (κ2) is 5.88. The highest BCUT2D eigenvalue weighted by atomic mass is 14.9. The molecule has 0 amide bonds. The van der Waals surface area contributed by atoms with Crippen LogP contribution in [0.2, 0.25) is 0 Å². The molecule has 1 aliphatic carbocycles. The Morgan fingerprint density at radius 2 is 1.67 bits per heavy atom. The summed E-state index contributed by atoms with van der Waals surface area (Å²) in [5.74, 6) is 0.823.